The smallest absolute Gasteiger partial charge is 0.207 e. The maximum atomic E-state index is 13.3. The van der Waals surface area contributed by atoms with E-state index in [-0.39, 0.29) is 4.90 Å². The molecule has 3 rings (SSSR count). The van der Waals surface area contributed by atoms with E-state index in [1.807, 2.05) is 18.2 Å². The SMILES string of the molecule is O=S(=O)(c1cccc(F)c1)N1CCC(CCc2ccccc2)CC1. The number of nitrogens with zero attached hydrogens (tertiary/aromatic N) is 1. The van der Waals surface area contributed by atoms with Crippen LogP contribution in [-0.4, -0.2) is 25.8 Å². The van der Waals surface area contributed by atoms with Gasteiger partial charge in [-0.1, -0.05) is 36.4 Å². The van der Waals surface area contributed by atoms with Gasteiger partial charge in [0.25, 0.3) is 0 Å². The zero-order valence-electron chi connectivity index (χ0n) is 13.6. The summed E-state index contributed by atoms with van der Waals surface area (Å²) in [5.74, 6) is 0.0259. The van der Waals surface area contributed by atoms with Gasteiger partial charge in [0.05, 0.1) is 4.90 Å². The molecule has 2 aromatic rings. The highest BCUT2D eigenvalue weighted by atomic mass is 32.2. The Balaban J connectivity index is 1.56. The standard InChI is InChI=1S/C19H22FNO2S/c20-18-7-4-8-19(15-18)24(22,23)21-13-11-17(12-14-21)10-9-16-5-2-1-3-6-16/h1-8,15,17H,9-14H2. The Bertz CT molecular complexity index is 769. The molecule has 0 aliphatic carbocycles. The van der Waals surface area contributed by atoms with Crippen molar-refractivity contribution < 1.29 is 12.8 Å². The minimum Gasteiger partial charge on any atom is -0.207 e. The lowest BCUT2D eigenvalue weighted by Gasteiger charge is -2.31. The van der Waals surface area contributed by atoms with Crippen molar-refractivity contribution in [3.05, 3.63) is 66.0 Å². The zero-order chi connectivity index (χ0) is 17.0. The maximum absolute atomic E-state index is 13.3. The minimum absolute atomic E-state index is 0.0465. The summed E-state index contributed by atoms with van der Waals surface area (Å²) in [7, 11) is -3.58. The van der Waals surface area contributed by atoms with Crippen LogP contribution in [0.4, 0.5) is 4.39 Å². The molecule has 1 heterocycles. The van der Waals surface area contributed by atoms with Gasteiger partial charge in [-0.25, -0.2) is 12.8 Å². The third-order valence-corrected chi connectivity index (χ3v) is 6.59. The molecule has 1 fully saturated rings. The average Bonchev–Trinajstić information content (AvgIpc) is 2.61. The summed E-state index contributed by atoms with van der Waals surface area (Å²) in [6.45, 7) is 1.02. The molecule has 0 amide bonds. The van der Waals surface area contributed by atoms with Crippen LogP contribution in [-0.2, 0) is 16.4 Å². The highest BCUT2D eigenvalue weighted by molar-refractivity contribution is 7.89. The first-order valence-electron chi connectivity index (χ1n) is 8.35. The summed E-state index contributed by atoms with van der Waals surface area (Å²) in [5.41, 5.74) is 1.33. The summed E-state index contributed by atoms with van der Waals surface area (Å²) in [5, 5.41) is 0. The van der Waals surface area contributed by atoms with E-state index in [9.17, 15) is 12.8 Å². The third-order valence-electron chi connectivity index (χ3n) is 4.69. The molecule has 24 heavy (non-hydrogen) atoms. The topological polar surface area (TPSA) is 37.4 Å². The molecule has 0 saturated carbocycles. The molecule has 0 aromatic heterocycles. The van der Waals surface area contributed by atoms with Crippen LogP contribution in [0, 0.1) is 11.7 Å². The van der Waals surface area contributed by atoms with E-state index >= 15 is 0 Å². The van der Waals surface area contributed by atoms with E-state index in [0.717, 1.165) is 31.7 Å². The second kappa shape index (κ2) is 7.45. The van der Waals surface area contributed by atoms with Crippen LogP contribution in [0.3, 0.4) is 0 Å². The first kappa shape index (κ1) is 17.1. The van der Waals surface area contributed by atoms with Gasteiger partial charge in [-0.3, -0.25) is 0 Å². The summed E-state index contributed by atoms with van der Waals surface area (Å²) in [6, 6.07) is 15.6. The Morgan fingerprint density at radius 2 is 1.71 bits per heavy atom. The summed E-state index contributed by atoms with van der Waals surface area (Å²) in [4.78, 5) is 0.0465. The largest absolute Gasteiger partial charge is 0.243 e. The van der Waals surface area contributed by atoms with Crippen molar-refractivity contribution in [1.82, 2.24) is 4.31 Å². The second-order valence-electron chi connectivity index (χ2n) is 6.33. The Morgan fingerprint density at radius 3 is 2.38 bits per heavy atom. The molecule has 0 N–H and O–H groups in total. The Hall–Kier alpha value is -1.72. The van der Waals surface area contributed by atoms with Gasteiger partial charge < -0.3 is 0 Å². The van der Waals surface area contributed by atoms with Crippen LogP contribution in [0.2, 0.25) is 0 Å². The van der Waals surface area contributed by atoms with E-state index in [1.165, 1.54) is 28.1 Å². The van der Waals surface area contributed by atoms with Gasteiger partial charge in [-0.05, 0) is 55.4 Å². The predicted molar refractivity (Wildman–Crippen MR) is 92.6 cm³/mol. The Morgan fingerprint density at radius 1 is 1.00 bits per heavy atom. The van der Waals surface area contributed by atoms with Crippen LogP contribution in [0.15, 0.2) is 59.5 Å². The van der Waals surface area contributed by atoms with Crippen molar-refractivity contribution in [3.63, 3.8) is 0 Å². The molecular weight excluding hydrogens is 325 g/mol. The van der Waals surface area contributed by atoms with Crippen LogP contribution in [0.1, 0.15) is 24.8 Å². The molecule has 0 spiro atoms. The molecule has 2 aromatic carbocycles. The summed E-state index contributed by atoms with van der Waals surface area (Å²) < 4.78 is 40.0. The van der Waals surface area contributed by atoms with E-state index in [1.54, 1.807) is 0 Å². The Kier molecular flexibility index (Phi) is 5.31. The van der Waals surface area contributed by atoms with E-state index < -0.39 is 15.8 Å². The predicted octanol–water partition coefficient (Wildman–Crippen LogP) is 3.86. The molecule has 5 heteroatoms. The van der Waals surface area contributed by atoms with Gasteiger partial charge in [0.1, 0.15) is 5.82 Å². The molecule has 1 saturated heterocycles. The molecule has 1 aliphatic rings. The van der Waals surface area contributed by atoms with Crippen LogP contribution in [0.25, 0.3) is 0 Å². The lowest BCUT2D eigenvalue weighted by atomic mass is 9.91. The average molecular weight is 347 g/mol. The van der Waals surface area contributed by atoms with Crippen molar-refractivity contribution in [2.45, 2.75) is 30.6 Å². The van der Waals surface area contributed by atoms with E-state index in [2.05, 4.69) is 12.1 Å². The van der Waals surface area contributed by atoms with Crippen molar-refractivity contribution in [1.29, 1.82) is 0 Å². The van der Waals surface area contributed by atoms with Gasteiger partial charge in [-0.2, -0.15) is 4.31 Å². The molecule has 128 valence electrons. The number of piperidine rings is 1. The maximum Gasteiger partial charge on any atom is 0.243 e. The number of hydrogen-bond acceptors (Lipinski definition) is 2. The van der Waals surface area contributed by atoms with Crippen molar-refractivity contribution in [2.75, 3.05) is 13.1 Å². The van der Waals surface area contributed by atoms with Crippen molar-refractivity contribution in [3.8, 4) is 0 Å². The second-order valence-corrected chi connectivity index (χ2v) is 8.27. The van der Waals surface area contributed by atoms with Crippen molar-refractivity contribution >= 4 is 10.0 Å². The first-order chi connectivity index (χ1) is 11.6. The highest BCUT2D eigenvalue weighted by Gasteiger charge is 2.29. The van der Waals surface area contributed by atoms with Gasteiger partial charge in [0.15, 0.2) is 0 Å². The van der Waals surface area contributed by atoms with E-state index in [4.69, 9.17) is 0 Å². The highest BCUT2D eigenvalue weighted by Crippen LogP contribution is 2.26. The molecule has 0 bridgehead atoms. The number of benzene rings is 2. The quantitative estimate of drug-likeness (QED) is 0.824. The fraction of sp³-hybridized carbons (Fsp3) is 0.368. The number of halogens is 1. The third kappa shape index (κ3) is 4.02. The Labute approximate surface area is 143 Å². The molecule has 1 aliphatic heterocycles. The van der Waals surface area contributed by atoms with Gasteiger partial charge in [-0.15, -0.1) is 0 Å². The summed E-state index contributed by atoms with van der Waals surface area (Å²) >= 11 is 0. The van der Waals surface area contributed by atoms with Crippen LogP contribution >= 0.6 is 0 Å². The lowest BCUT2D eigenvalue weighted by Crippen LogP contribution is -2.38. The first-order valence-corrected chi connectivity index (χ1v) is 9.79. The molecule has 0 radical (unpaired) electrons. The minimum atomic E-state index is -3.58. The lowest BCUT2D eigenvalue weighted by molar-refractivity contribution is 0.263. The van der Waals surface area contributed by atoms with Gasteiger partial charge in [0.2, 0.25) is 10.0 Å². The molecular formula is C19H22FNO2S. The number of sulfonamides is 1. The molecule has 0 unspecified atom stereocenters. The van der Waals surface area contributed by atoms with Crippen LogP contribution < -0.4 is 0 Å². The summed E-state index contributed by atoms with van der Waals surface area (Å²) in [6.07, 6.45) is 3.84. The number of hydrogen-bond donors (Lipinski definition) is 0. The number of rotatable bonds is 5. The molecule has 3 nitrogen and oxygen atoms in total. The van der Waals surface area contributed by atoms with Crippen LogP contribution in [0.5, 0.6) is 0 Å². The monoisotopic (exact) mass is 347 g/mol. The van der Waals surface area contributed by atoms with E-state index in [0.29, 0.717) is 19.0 Å². The fourth-order valence-corrected chi connectivity index (χ4v) is 4.73. The van der Waals surface area contributed by atoms with Gasteiger partial charge in [0, 0.05) is 13.1 Å². The fourth-order valence-electron chi connectivity index (χ4n) is 3.23. The normalized spacial score (nSPS) is 17.0. The zero-order valence-corrected chi connectivity index (χ0v) is 14.4. The van der Waals surface area contributed by atoms with Crippen molar-refractivity contribution in [2.24, 2.45) is 5.92 Å². The molecule has 0 atom stereocenters. The van der Waals surface area contributed by atoms with Gasteiger partial charge >= 0.3 is 0 Å². The number of aryl methyl sites for hydroxylation is 1.